The van der Waals surface area contributed by atoms with Gasteiger partial charge in [0.2, 0.25) is 11.8 Å². The van der Waals surface area contributed by atoms with E-state index in [1.54, 1.807) is 4.90 Å². The fourth-order valence-corrected chi connectivity index (χ4v) is 2.93. The Bertz CT molecular complexity index is 539. The quantitative estimate of drug-likeness (QED) is 0.820. The van der Waals surface area contributed by atoms with Gasteiger partial charge < -0.3 is 10.2 Å². The summed E-state index contributed by atoms with van der Waals surface area (Å²) in [6.07, 6.45) is 0.624. The zero-order chi connectivity index (χ0) is 13.6. The highest BCUT2D eigenvalue weighted by atomic mass is 16.2. The predicted octanol–water partition coefficient (Wildman–Crippen LogP) is 1.09. The Kier molecular flexibility index (Phi) is 2.81. The zero-order valence-electron chi connectivity index (χ0n) is 11.2. The van der Waals surface area contributed by atoms with Gasteiger partial charge in [0.05, 0.1) is 0 Å². The Labute approximate surface area is 112 Å². The van der Waals surface area contributed by atoms with Crippen molar-refractivity contribution in [2.45, 2.75) is 38.9 Å². The van der Waals surface area contributed by atoms with Crippen LogP contribution in [0.15, 0.2) is 24.3 Å². The molecule has 0 aromatic heterocycles. The van der Waals surface area contributed by atoms with E-state index in [9.17, 15) is 9.59 Å². The maximum atomic E-state index is 12.5. The van der Waals surface area contributed by atoms with E-state index in [1.807, 2.05) is 38.1 Å². The van der Waals surface area contributed by atoms with Crippen LogP contribution in [0.2, 0.25) is 0 Å². The topological polar surface area (TPSA) is 49.4 Å². The van der Waals surface area contributed by atoms with Crippen LogP contribution in [0.5, 0.6) is 0 Å². The number of rotatable bonds is 1. The number of fused-ring (bicyclic) bond motifs is 2. The lowest BCUT2D eigenvalue weighted by atomic mass is 9.89. The van der Waals surface area contributed by atoms with Gasteiger partial charge in [0.15, 0.2) is 0 Å². The Morgan fingerprint density at radius 3 is 2.58 bits per heavy atom. The summed E-state index contributed by atoms with van der Waals surface area (Å²) in [7, 11) is 0. The van der Waals surface area contributed by atoms with E-state index in [-0.39, 0.29) is 29.8 Å². The summed E-state index contributed by atoms with van der Waals surface area (Å²) >= 11 is 0. The molecule has 2 heterocycles. The molecule has 1 N–H and O–H groups in total. The lowest BCUT2D eigenvalue weighted by molar-refractivity contribution is -0.151. The molecule has 19 heavy (non-hydrogen) atoms. The van der Waals surface area contributed by atoms with E-state index in [0.29, 0.717) is 13.0 Å². The van der Waals surface area contributed by atoms with E-state index in [4.69, 9.17) is 0 Å². The van der Waals surface area contributed by atoms with Crippen molar-refractivity contribution in [1.29, 1.82) is 0 Å². The van der Waals surface area contributed by atoms with E-state index >= 15 is 0 Å². The lowest BCUT2D eigenvalue weighted by Gasteiger charge is -2.43. The third kappa shape index (κ3) is 1.91. The third-order valence-electron chi connectivity index (χ3n) is 4.06. The van der Waals surface area contributed by atoms with Gasteiger partial charge >= 0.3 is 0 Å². The van der Waals surface area contributed by atoms with Crippen molar-refractivity contribution >= 4 is 11.8 Å². The number of benzene rings is 1. The summed E-state index contributed by atoms with van der Waals surface area (Å²) in [5.41, 5.74) is 2.33. The monoisotopic (exact) mass is 258 g/mol. The minimum absolute atomic E-state index is 0.0206. The summed E-state index contributed by atoms with van der Waals surface area (Å²) in [6, 6.07) is 7.32. The molecule has 0 aliphatic carbocycles. The maximum absolute atomic E-state index is 12.5. The summed E-state index contributed by atoms with van der Waals surface area (Å²) in [6.45, 7) is 4.47. The molecule has 1 saturated heterocycles. The summed E-state index contributed by atoms with van der Waals surface area (Å²) in [5, 5.41) is 2.87. The molecule has 0 saturated carbocycles. The highest BCUT2D eigenvalue weighted by molar-refractivity contribution is 5.97. The normalized spacial score (nSPS) is 25.9. The number of hydrogen-bond acceptors (Lipinski definition) is 2. The first-order chi connectivity index (χ1) is 9.08. The van der Waals surface area contributed by atoms with Crippen LogP contribution in [0, 0.1) is 5.92 Å². The van der Waals surface area contributed by atoms with E-state index in [2.05, 4.69) is 5.32 Å². The second-order valence-corrected chi connectivity index (χ2v) is 5.69. The van der Waals surface area contributed by atoms with Crippen LogP contribution in [0.4, 0.5) is 0 Å². The lowest BCUT2D eigenvalue weighted by Crippen LogP contribution is -2.65. The SMILES string of the molecule is CC(C)[C@@H]1NC(=O)[C@H]2Cc3ccccc3CN2C1=O. The fourth-order valence-electron chi connectivity index (χ4n) is 2.93. The molecule has 0 radical (unpaired) electrons. The van der Waals surface area contributed by atoms with Gasteiger partial charge in [0.1, 0.15) is 12.1 Å². The van der Waals surface area contributed by atoms with E-state index in [1.165, 1.54) is 5.56 Å². The molecule has 2 atom stereocenters. The summed E-state index contributed by atoms with van der Waals surface area (Å²) in [4.78, 5) is 26.4. The second-order valence-electron chi connectivity index (χ2n) is 5.69. The zero-order valence-corrected chi connectivity index (χ0v) is 11.2. The molecule has 4 heteroatoms. The van der Waals surface area contributed by atoms with Gasteiger partial charge in [-0.2, -0.15) is 0 Å². The fraction of sp³-hybridized carbons (Fsp3) is 0.467. The number of piperazine rings is 1. The molecule has 0 spiro atoms. The number of carbonyl (C=O) groups is 2. The maximum Gasteiger partial charge on any atom is 0.246 e. The number of hydrogen-bond donors (Lipinski definition) is 1. The molecular weight excluding hydrogens is 240 g/mol. The molecule has 2 aliphatic rings. The van der Waals surface area contributed by atoms with Crippen molar-refractivity contribution in [3.63, 3.8) is 0 Å². The molecule has 0 bridgehead atoms. The molecule has 1 aromatic rings. The molecule has 2 aliphatic heterocycles. The van der Waals surface area contributed by atoms with E-state index < -0.39 is 0 Å². The van der Waals surface area contributed by atoms with Crippen LogP contribution in [0.3, 0.4) is 0 Å². The molecule has 1 fully saturated rings. The van der Waals surface area contributed by atoms with Crippen molar-refractivity contribution < 1.29 is 9.59 Å². The Hall–Kier alpha value is -1.84. The smallest absolute Gasteiger partial charge is 0.246 e. The molecule has 100 valence electrons. The van der Waals surface area contributed by atoms with Crippen molar-refractivity contribution in [3.8, 4) is 0 Å². The van der Waals surface area contributed by atoms with Crippen LogP contribution < -0.4 is 5.32 Å². The van der Waals surface area contributed by atoms with Gasteiger partial charge in [-0.1, -0.05) is 38.1 Å². The Morgan fingerprint density at radius 1 is 1.21 bits per heavy atom. The first-order valence-electron chi connectivity index (χ1n) is 6.75. The first-order valence-corrected chi connectivity index (χ1v) is 6.75. The molecule has 0 unspecified atom stereocenters. The number of carbonyl (C=O) groups excluding carboxylic acids is 2. The van der Waals surface area contributed by atoms with Crippen molar-refractivity contribution in [1.82, 2.24) is 10.2 Å². The Balaban J connectivity index is 1.95. The van der Waals surface area contributed by atoms with Gasteiger partial charge in [-0.05, 0) is 17.0 Å². The van der Waals surface area contributed by atoms with Gasteiger partial charge in [-0.15, -0.1) is 0 Å². The minimum atomic E-state index is -0.381. The third-order valence-corrected chi connectivity index (χ3v) is 4.06. The number of amides is 2. The van der Waals surface area contributed by atoms with Crippen LogP contribution in [0.1, 0.15) is 25.0 Å². The van der Waals surface area contributed by atoms with Crippen LogP contribution in [-0.4, -0.2) is 28.8 Å². The highest BCUT2D eigenvalue weighted by Gasteiger charge is 2.43. The minimum Gasteiger partial charge on any atom is -0.342 e. The van der Waals surface area contributed by atoms with Crippen molar-refractivity contribution in [2.24, 2.45) is 5.92 Å². The average molecular weight is 258 g/mol. The first kappa shape index (κ1) is 12.2. The largest absolute Gasteiger partial charge is 0.342 e. The molecule has 2 amide bonds. The van der Waals surface area contributed by atoms with Crippen LogP contribution in [-0.2, 0) is 22.6 Å². The molecular formula is C15H18N2O2. The summed E-state index contributed by atoms with van der Waals surface area (Å²) < 4.78 is 0. The second kappa shape index (κ2) is 4.37. The van der Waals surface area contributed by atoms with Crippen molar-refractivity contribution in [2.75, 3.05) is 0 Å². The van der Waals surface area contributed by atoms with Crippen molar-refractivity contribution in [3.05, 3.63) is 35.4 Å². The predicted molar refractivity (Wildman–Crippen MR) is 71.3 cm³/mol. The number of nitrogens with one attached hydrogen (secondary N) is 1. The number of nitrogens with zero attached hydrogens (tertiary/aromatic N) is 1. The molecule has 3 rings (SSSR count). The van der Waals surface area contributed by atoms with Gasteiger partial charge in [0.25, 0.3) is 0 Å². The summed E-state index contributed by atoms with van der Waals surface area (Å²) in [5.74, 6) is 0.150. The Morgan fingerprint density at radius 2 is 1.89 bits per heavy atom. The van der Waals surface area contributed by atoms with Crippen LogP contribution in [0.25, 0.3) is 0 Å². The van der Waals surface area contributed by atoms with Gasteiger partial charge in [-0.3, -0.25) is 9.59 Å². The van der Waals surface area contributed by atoms with Crippen LogP contribution >= 0.6 is 0 Å². The van der Waals surface area contributed by atoms with Gasteiger partial charge in [0, 0.05) is 13.0 Å². The van der Waals surface area contributed by atoms with Gasteiger partial charge in [-0.25, -0.2) is 0 Å². The van der Waals surface area contributed by atoms with E-state index in [0.717, 1.165) is 5.56 Å². The standard InChI is InChI=1S/C15H18N2O2/c1-9(2)13-15(19)17-8-11-6-4-3-5-10(11)7-12(17)14(18)16-13/h3-6,9,12-13H,7-8H2,1-2H3,(H,16,18)/t12-,13+/m1/s1. The average Bonchev–Trinajstić information content (AvgIpc) is 2.41. The molecule has 4 nitrogen and oxygen atoms in total. The molecule has 1 aromatic carbocycles. The highest BCUT2D eigenvalue weighted by Crippen LogP contribution is 2.27.